The van der Waals surface area contributed by atoms with E-state index in [1.807, 2.05) is 29.2 Å². The minimum atomic E-state index is -0.319. The van der Waals surface area contributed by atoms with Gasteiger partial charge >= 0.3 is 0 Å². The van der Waals surface area contributed by atoms with Gasteiger partial charge in [-0.05, 0) is 31.6 Å². The lowest BCUT2D eigenvalue weighted by atomic mass is 10.1. The van der Waals surface area contributed by atoms with Gasteiger partial charge in [-0.2, -0.15) is 0 Å². The van der Waals surface area contributed by atoms with E-state index in [9.17, 15) is 4.79 Å². The van der Waals surface area contributed by atoms with Crippen molar-refractivity contribution >= 4 is 5.91 Å². The zero-order chi connectivity index (χ0) is 13.2. The maximum Gasteiger partial charge on any atom is 0.264 e. The summed E-state index contributed by atoms with van der Waals surface area (Å²) >= 11 is 0. The van der Waals surface area contributed by atoms with E-state index in [4.69, 9.17) is 4.74 Å². The Bertz CT molecular complexity index is 450. The van der Waals surface area contributed by atoms with Crippen LogP contribution in [0.3, 0.4) is 0 Å². The molecular weight excluding hydrogens is 240 g/mol. The SMILES string of the molecule is CN1CCCN(C(=O)[C@@H]2Cc3ccccc3O2)CC1. The number of ether oxygens (including phenoxy) is 1. The number of benzene rings is 1. The quantitative estimate of drug-likeness (QED) is 0.759. The Hall–Kier alpha value is -1.55. The summed E-state index contributed by atoms with van der Waals surface area (Å²) in [6.45, 7) is 3.67. The maximum absolute atomic E-state index is 12.5. The molecule has 0 radical (unpaired) electrons. The van der Waals surface area contributed by atoms with Gasteiger partial charge in [0.2, 0.25) is 0 Å². The van der Waals surface area contributed by atoms with Crippen molar-refractivity contribution in [3.8, 4) is 5.75 Å². The van der Waals surface area contributed by atoms with Crippen molar-refractivity contribution in [1.29, 1.82) is 0 Å². The first kappa shape index (κ1) is 12.5. The average molecular weight is 260 g/mol. The van der Waals surface area contributed by atoms with Crippen LogP contribution >= 0.6 is 0 Å². The molecule has 0 aliphatic carbocycles. The Kier molecular flexibility index (Phi) is 3.42. The second-order valence-corrected chi connectivity index (χ2v) is 5.40. The van der Waals surface area contributed by atoms with Crippen LogP contribution in [0.25, 0.3) is 0 Å². The highest BCUT2D eigenvalue weighted by Crippen LogP contribution is 2.29. The van der Waals surface area contributed by atoms with Crippen molar-refractivity contribution in [1.82, 2.24) is 9.80 Å². The first-order valence-corrected chi connectivity index (χ1v) is 6.96. The second-order valence-electron chi connectivity index (χ2n) is 5.40. The Balaban J connectivity index is 1.66. The summed E-state index contributed by atoms with van der Waals surface area (Å²) in [6, 6.07) is 7.93. The van der Waals surface area contributed by atoms with Crippen molar-refractivity contribution in [3.63, 3.8) is 0 Å². The molecule has 0 unspecified atom stereocenters. The highest BCUT2D eigenvalue weighted by molar-refractivity contribution is 5.82. The fourth-order valence-corrected chi connectivity index (χ4v) is 2.79. The van der Waals surface area contributed by atoms with Gasteiger partial charge in [-0.15, -0.1) is 0 Å². The summed E-state index contributed by atoms with van der Waals surface area (Å²) in [4.78, 5) is 16.7. The summed E-state index contributed by atoms with van der Waals surface area (Å²) < 4.78 is 5.78. The number of rotatable bonds is 1. The van der Waals surface area contributed by atoms with Crippen LogP contribution in [0.4, 0.5) is 0 Å². The van der Waals surface area contributed by atoms with Crippen LogP contribution in [-0.2, 0) is 11.2 Å². The molecule has 1 atom stereocenters. The molecule has 4 nitrogen and oxygen atoms in total. The molecule has 1 aromatic rings. The number of hydrogen-bond acceptors (Lipinski definition) is 3. The summed E-state index contributed by atoms with van der Waals surface area (Å²) in [5.41, 5.74) is 1.15. The first-order valence-electron chi connectivity index (χ1n) is 6.96. The molecule has 1 fully saturated rings. The van der Waals surface area contributed by atoms with Crippen LogP contribution in [0.1, 0.15) is 12.0 Å². The molecule has 2 aliphatic heterocycles. The lowest BCUT2D eigenvalue weighted by Gasteiger charge is -2.23. The Morgan fingerprint density at radius 3 is 2.89 bits per heavy atom. The molecule has 0 saturated carbocycles. The van der Waals surface area contributed by atoms with Gasteiger partial charge in [0.05, 0.1) is 0 Å². The number of para-hydroxylation sites is 1. The van der Waals surface area contributed by atoms with E-state index in [1.54, 1.807) is 0 Å². The Labute approximate surface area is 113 Å². The summed E-state index contributed by atoms with van der Waals surface area (Å²) in [5, 5.41) is 0. The van der Waals surface area contributed by atoms with Gasteiger partial charge in [0.25, 0.3) is 5.91 Å². The molecule has 0 bridgehead atoms. The van der Waals surface area contributed by atoms with E-state index < -0.39 is 0 Å². The number of carbonyl (C=O) groups is 1. The lowest BCUT2D eigenvalue weighted by molar-refractivity contribution is -0.137. The molecule has 0 aromatic heterocycles. The molecule has 2 heterocycles. The van der Waals surface area contributed by atoms with E-state index in [0.29, 0.717) is 6.42 Å². The number of likely N-dealkylation sites (N-methyl/N-ethyl adjacent to an activating group) is 1. The maximum atomic E-state index is 12.5. The van der Waals surface area contributed by atoms with Gasteiger partial charge in [-0.1, -0.05) is 18.2 Å². The van der Waals surface area contributed by atoms with Crippen molar-refractivity contribution in [3.05, 3.63) is 29.8 Å². The molecule has 0 N–H and O–H groups in total. The number of nitrogens with zero attached hydrogens (tertiary/aromatic N) is 2. The van der Waals surface area contributed by atoms with E-state index in [-0.39, 0.29) is 12.0 Å². The van der Waals surface area contributed by atoms with Gasteiger partial charge in [-0.25, -0.2) is 0 Å². The molecule has 19 heavy (non-hydrogen) atoms. The van der Waals surface area contributed by atoms with Crippen molar-refractivity contribution in [2.45, 2.75) is 18.9 Å². The van der Waals surface area contributed by atoms with Gasteiger partial charge in [0.15, 0.2) is 6.10 Å². The summed E-state index contributed by atoms with van der Waals surface area (Å²) in [6.07, 6.45) is 1.43. The van der Waals surface area contributed by atoms with Crippen molar-refractivity contribution in [2.24, 2.45) is 0 Å². The van der Waals surface area contributed by atoms with Crippen LogP contribution in [0, 0.1) is 0 Å². The largest absolute Gasteiger partial charge is 0.480 e. The van der Waals surface area contributed by atoms with E-state index in [1.165, 1.54) is 0 Å². The summed E-state index contributed by atoms with van der Waals surface area (Å²) in [7, 11) is 2.11. The zero-order valence-electron chi connectivity index (χ0n) is 11.3. The van der Waals surface area contributed by atoms with Crippen molar-refractivity contribution in [2.75, 3.05) is 33.2 Å². The van der Waals surface area contributed by atoms with Crippen LogP contribution < -0.4 is 4.74 Å². The Morgan fingerprint density at radius 1 is 1.21 bits per heavy atom. The highest BCUT2D eigenvalue weighted by Gasteiger charge is 2.32. The monoisotopic (exact) mass is 260 g/mol. The predicted molar refractivity (Wildman–Crippen MR) is 73.3 cm³/mol. The van der Waals surface area contributed by atoms with Gasteiger partial charge < -0.3 is 14.5 Å². The molecule has 3 rings (SSSR count). The number of amides is 1. The molecule has 1 amide bonds. The van der Waals surface area contributed by atoms with Crippen molar-refractivity contribution < 1.29 is 9.53 Å². The van der Waals surface area contributed by atoms with Crippen LogP contribution in [0.15, 0.2) is 24.3 Å². The lowest BCUT2D eigenvalue weighted by Crippen LogP contribution is -2.43. The third-order valence-electron chi connectivity index (χ3n) is 3.95. The van der Waals surface area contributed by atoms with Crippen LogP contribution in [0.5, 0.6) is 5.75 Å². The van der Waals surface area contributed by atoms with E-state index in [2.05, 4.69) is 11.9 Å². The molecule has 4 heteroatoms. The molecule has 2 aliphatic rings. The molecule has 1 saturated heterocycles. The molecule has 0 spiro atoms. The predicted octanol–water partition coefficient (Wildman–Crippen LogP) is 1.15. The van der Waals surface area contributed by atoms with E-state index in [0.717, 1.165) is 43.9 Å². The average Bonchev–Trinajstić information content (AvgIpc) is 2.74. The topological polar surface area (TPSA) is 32.8 Å². The first-order chi connectivity index (χ1) is 9.24. The van der Waals surface area contributed by atoms with Gasteiger partial charge in [0, 0.05) is 26.1 Å². The third kappa shape index (κ3) is 2.59. The zero-order valence-corrected chi connectivity index (χ0v) is 11.3. The number of carbonyl (C=O) groups excluding carboxylic acids is 1. The molecular formula is C15H20N2O2. The fraction of sp³-hybridized carbons (Fsp3) is 0.533. The van der Waals surface area contributed by atoms with Gasteiger partial charge in [-0.3, -0.25) is 4.79 Å². The Morgan fingerprint density at radius 2 is 2.05 bits per heavy atom. The second kappa shape index (κ2) is 5.21. The van der Waals surface area contributed by atoms with Crippen LogP contribution in [-0.4, -0.2) is 55.0 Å². The minimum absolute atomic E-state index is 0.145. The fourth-order valence-electron chi connectivity index (χ4n) is 2.79. The molecule has 1 aromatic carbocycles. The van der Waals surface area contributed by atoms with E-state index >= 15 is 0 Å². The summed E-state index contributed by atoms with van der Waals surface area (Å²) in [5.74, 6) is 1.01. The minimum Gasteiger partial charge on any atom is -0.480 e. The smallest absolute Gasteiger partial charge is 0.264 e. The third-order valence-corrected chi connectivity index (χ3v) is 3.95. The van der Waals surface area contributed by atoms with Gasteiger partial charge in [0.1, 0.15) is 5.75 Å². The van der Waals surface area contributed by atoms with Crippen LogP contribution in [0.2, 0.25) is 0 Å². The standard InChI is InChI=1S/C15H20N2O2/c1-16-7-4-8-17(10-9-16)15(18)14-11-12-5-2-3-6-13(12)19-14/h2-3,5-6,14H,4,7-11H2,1H3/t14-/m0/s1. The number of fused-ring (bicyclic) bond motifs is 1. The molecule has 102 valence electrons. The highest BCUT2D eigenvalue weighted by atomic mass is 16.5. The number of hydrogen-bond donors (Lipinski definition) is 0. The normalized spacial score (nSPS) is 23.6.